The van der Waals surface area contributed by atoms with Crippen LogP contribution in [0.25, 0.3) is 11.3 Å². The van der Waals surface area contributed by atoms with Crippen molar-refractivity contribution in [3.63, 3.8) is 0 Å². The number of rotatable bonds is 8. The van der Waals surface area contributed by atoms with Crippen molar-refractivity contribution in [1.82, 2.24) is 10.2 Å². The number of nitrogens with one attached hydrogen (secondary N) is 2. The summed E-state index contributed by atoms with van der Waals surface area (Å²) in [5.74, 6) is 0.492. The number of hydrogen-bond donors (Lipinski definition) is 2. The Bertz CT molecular complexity index is 1000. The molecule has 0 bridgehead atoms. The van der Waals surface area contributed by atoms with Crippen molar-refractivity contribution in [2.24, 2.45) is 0 Å². The van der Waals surface area contributed by atoms with Gasteiger partial charge in [0.05, 0.1) is 12.3 Å². The highest BCUT2D eigenvalue weighted by atomic mass is 16.5. The monoisotopic (exact) mass is 406 g/mol. The van der Waals surface area contributed by atoms with E-state index in [0.29, 0.717) is 35.3 Å². The molecule has 0 atom stereocenters. The van der Waals surface area contributed by atoms with Crippen LogP contribution in [0.4, 0.5) is 11.4 Å². The van der Waals surface area contributed by atoms with E-state index < -0.39 is 0 Å². The Balaban J connectivity index is 1.54. The van der Waals surface area contributed by atoms with Gasteiger partial charge in [0, 0.05) is 36.0 Å². The molecule has 2 aromatic carbocycles. The van der Waals surface area contributed by atoms with Crippen molar-refractivity contribution in [3.8, 4) is 22.9 Å². The van der Waals surface area contributed by atoms with Crippen molar-refractivity contribution in [3.05, 3.63) is 60.7 Å². The zero-order chi connectivity index (χ0) is 21.3. The molecule has 2 N–H and O–H groups in total. The van der Waals surface area contributed by atoms with Crippen LogP contribution < -0.4 is 20.1 Å². The van der Waals surface area contributed by atoms with Gasteiger partial charge in [-0.1, -0.05) is 18.2 Å². The standard InChI is InChI=1S/C22H22N4O4/c1-3-29-22-12-11-20(25-26-22)16-7-9-17(10-8-16)24-21(28)14-30-19-6-4-5-18(13-19)23-15(2)27/h4-13H,3,14H2,1-2H3,(H,23,27)(H,24,28). The lowest BCUT2D eigenvalue weighted by Gasteiger charge is -2.09. The summed E-state index contributed by atoms with van der Waals surface area (Å²) in [6.07, 6.45) is 0. The number of carbonyl (C=O) groups excluding carboxylic acids is 2. The van der Waals surface area contributed by atoms with Gasteiger partial charge in [0.1, 0.15) is 5.75 Å². The molecule has 0 saturated carbocycles. The van der Waals surface area contributed by atoms with Gasteiger partial charge in [0.2, 0.25) is 11.8 Å². The predicted octanol–water partition coefficient (Wildman–Crippen LogP) is 3.52. The van der Waals surface area contributed by atoms with Gasteiger partial charge in [-0.25, -0.2) is 0 Å². The maximum atomic E-state index is 12.2. The van der Waals surface area contributed by atoms with Crippen LogP contribution in [0.15, 0.2) is 60.7 Å². The van der Waals surface area contributed by atoms with E-state index in [-0.39, 0.29) is 18.4 Å². The maximum absolute atomic E-state index is 12.2. The lowest BCUT2D eigenvalue weighted by molar-refractivity contribution is -0.118. The van der Waals surface area contributed by atoms with Crippen molar-refractivity contribution in [1.29, 1.82) is 0 Å². The number of benzene rings is 2. The number of anilines is 2. The van der Waals surface area contributed by atoms with Gasteiger partial charge >= 0.3 is 0 Å². The van der Waals surface area contributed by atoms with E-state index in [1.54, 1.807) is 42.5 Å². The SMILES string of the molecule is CCOc1ccc(-c2ccc(NC(=O)COc3cccc(NC(C)=O)c3)cc2)nn1. The zero-order valence-corrected chi connectivity index (χ0v) is 16.7. The van der Waals surface area contributed by atoms with E-state index in [9.17, 15) is 9.59 Å². The van der Waals surface area contributed by atoms with Crippen LogP contribution in [0, 0.1) is 0 Å². The van der Waals surface area contributed by atoms with Crippen LogP contribution in [-0.2, 0) is 9.59 Å². The minimum absolute atomic E-state index is 0.157. The van der Waals surface area contributed by atoms with Crippen molar-refractivity contribution >= 4 is 23.2 Å². The van der Waals surface area contributed by atoms with Crippen molar-refractivity contribution in [2.45, 2.75) is 13.8 Å². The van der Waals surface area contributed by atoms with E-state index in [4.69, 9.17) is 9.47 Å². The Morgan fingerprint density at radius 2 is 1.70 bits per heavy atom. The van der Waals surface area contributed by atoms with Gasteiger partial charge < -0.3 is 20.1 Å². The Hall–Kier alpha value is -3.94. The first-order valence-corrected chi connectivity index (χ1v) is 9.41. The number of amides is 2. The number of aromatic nitrogens is 2. The number of carbonyl (C=O) groups is 2. The summed E-state index contributed by atoms with van der Waals surface area (Å²) in [6, 6.07) is 17.7. The van der Waals surface area contributed by atoms with Gasteiger partial charge in [-0.2, -0.15) is 0 Å². The highest BCUT2D eigenvalue weighted by Crippen LogP contribution is 2.21. The molecule has 0 aliphatic heterocycles. The summed E-state index contributed by atoms with van der Waals surface area (Å²) in [6.45, 7) is 3.69. The second kappa shape index (κ2) is 10.0. The minimum atomic E-state index is -0.298. The average Bonchev–Trinajstić information content (AvgIpc) is 2.74. The Morgan fingerprint density at radius 1 is 0.900 bits per heavy atom. The van der Waals surface area contributed by atoms with E-state index in [0.717, 1.165) is 5.56 Å². The molecule has 0 aliphatic carbocycles. The molecule has 8 heteroatoms. The lowest BCUT2D eigenvalue weighted by atomic mass is 10.1. The normalized spacial score (nSPS) is 10.2. The molecule has 154 valence electrons. The van der Waals surface area contributed by atoms with Gasteiger partial charge in [-0.15, -0.1) is 10.2 Å². The van der Waals surface area contributed by atoms with Crippen LogP contribution in [-0.4, -0.2) is 35.2 Å². The molecule has 0 radical (unpaired) electrons. The Kier molecular flexibility index (Phi) is 6.94. The van der Waals surface area contributed by atoms with Crippen LogP contribution in [0.3, 0.4) is 0 Å². The van der Waals surface area contributed by atoms with Gasteiger partial charge in [-0.05, 0) is 37.3 Å². The summed E-state index contributed by atoms with van der Waals surface area (Å²) in [7, 11) is 0. The van der Waals surface area contributed by atoms with Crippen LogP contribution in [0.1, 0.15) is 13.8 Å². The molecule has 1 heterocycles. The van der Waals surface area contributed by atoms with Crippen molar-refractivity contribution in [2.75, 3.05) is 23.8 Å². The molecule has 3 aromatic rings. The molecular formula is C22H22N4O4. The highest BCUT2D eigenvalue weighted by Gasteiger charge is 2.06. The number of hydrogen-bond acceptors (Lipinski definition) is 6. The third-order valence-electron chi connectivity index (χ3n) is 3.92. The molecule has 8 nitrogen and oxygen atoms in total. The summed E-state index contributed by atoms with van der Waals surface area (Å²) in [4.78, 5) is 23.3. The quantitative estimate of drug-likeness (QED) is 0.593. The summed E-state index contributed by atoms with van der Waals surface area (Å²) in [5, 5.41) is 13.6. The fourth-order valence-corrected chi connectivity index (χ4v) is 2.64. The van der Waals surface area contributed by atoms with Crippen LogP contribution in [0.5, 0.6) is 11.6 Å². The first-order chi connectivity index (χ1) is 14.5. The molecule has 0 aliphatic rings. The summed E-state index contributed by atoms with van der Waals surface area (Å²) in [5.41, 5.74) is 2.82. The van der Waals surface area contributed by atoms with Gasteiger partial charge in [0.25, 0.3) is 5.91 Å². The first-order valence-electron chi connectivity index (χ1n) is 9.41. The molecule has 30 heavy (non-hydrogen) atoms. The smallest absolute Gasteiger partial charge is 0.262 e. The van der Waals surface area contributed by atoms with Crippen molar-refractivity contribution < 1.29 is 19.1 Å². The fourth-order valence-electron chi connectivity index (χ4n) is 2.64. The van der Waals surface area contributed by atoms with E-state index >= 15 is 0 Å². The van der Waals surface area contributed by atoms with E-state index in [1.807, 2.05) is 25.1 Å². The predicted molar refractivity (Wildman–Crippen MR) is 114 cm³/mol. The molecule has 0 unspecified atom stereocenters. The van der Waals surface area contributed by atoms with Gasteiger partial charge in [0.15, 0.2) is 6.61 Å². The summed E-state index contributed by atoms with van der Waals surface area (Å²) >= 11 is 0. The second-order valence-electron chi connectivity index (χ2n) is 6.31. The second-order valence-corrected chi connectivity index (χ2v) is 6.31. The highest BCUT2D eigenvalue weighted by molar-refractivity contribution is 5.92. The molecule has 3 rings (SSSR count). The number of nitrogens with zero attached hydrogens (tertiary/aromatic N) is 2. The zero-order valence-electron chi connectivity index (χ0n) is 16.7. The van der Waals surface area contributed by atoms with E-state index in [1.165, 1.54) is 6.92 Å². The molecular weight excluding hydrogens is 384 g/mol. The first kappa shape index (κ1) is 20.8. The molecule has 0 saturated heterocycles. The third-order valence-corrected chi connectivity index (χ3v) is 3.92. The largest absolute Gasteiger partial charge is 0.484 e. The fraction of sp³-hybridized carbons (Fsp3) is 0.182. The van der Waals surface area contributed by atoms with Gasteiger partial charge in [-0.3, -0.25) is 9.59 Å². The average molecular weight is 406 g/mol. The molecule has 2 amide bonds. The van der Waals surface area contributed by atoms with E-state index in [2.05, 4.69) is 20.8 Å². The lowest BCUT2D eigenvalue weighted by Crippen LogP contribution is -2.20. The molecule has 1 aromatic heterocycles. The Labute approximate surface area is 174 Å². The number of ether oxygens (including phenoxy) is 2. The maximum Gasteiger partial charge on any atom is 0.262 e. The van der Waals surface area contributed by atoms with Crippen LogP contribution >= 0.6 is 0 Å². The minimum Gasteiger partial charge on any atom is -0.484 e. The summed E-state index contributed by atoms with van der Waals surface area (Å²) < 4.78 is 10.8. The topological polar surface area (TPSA) is 102 Å². The molecule has 0 fully saturated rings. The van der Waals surface area contributed by atoms with Crippen LogP contribution in [0.2, 0.25) is 0 Å². The third kappa shape index (κ3) is 6.03. The Morgan fingerprint density at radius 3 is 2.37 bits per heavy atom. The molecule has 0 spiro atoms.